The molecule has 0 radical (unpaired) electrons. The number of hydrogen-bond acceptors (Lipinski definition) is 3. The van der Waals surface area contributed by atoms with Crippen molar-refractivity contribution in [1.29, 1.82) is 0 Å². The molecular formula is C15H19NO4. The van der Waals surface area contributed by atoms with Crippen LogP contribution in [0.5, 0.6) is 5.75 Å². The van der Waals surface area contributed by atoms with E-state index < -0.39 is 11.4 Å². The minimum Gasteiger partial charge on any atom is -0.496 e. The number of ether oxygens (including phenoxy) is 1. The van der Waals surface area contributed by atoms with Gasteiger partial charge in [0.25, 0.3) is 0 Å². The van der Waals surface area contributed by atoms with Gasteiger partial charge in [0.05, 0.1) is 12.5 Å². The third kappa shape index (κ3) is 2.35. The number of carboxylic acid groups (broad SMARTS) is 1. The second-order valence-electron chi connectivity index (χ2n) is 5.09. The molecule has 5 heteroatoms. The van der Waals surface area contributed by atoms with Gasteiger partial charge < -0.3 is 14.7 Å². The van der Waals surface area contributed by atoms with E-state index in [1.54, 1.807) is 24.1 Å². The Bertz CT molecular complexity index is 518. The largest absolute Gasteiger partial charge is 0.496 e. The smallest absolute Gasteiger partial charge is 0.314 e. The number of benzene rings is 1. The van der Waals surface area contributed by atoms with Crippen LogP contribution < -0.4 is 4.74 Å². The Balaban J connectivity index is 2.37. The van der Waals surface area contributed by atoms with Crippen LogP contribution >= 0.6 is 0 Å². The highest BCUT2D eigenvalue weighted by Crippen LogP contribution is 2.40. The van der Waals surface area contributed by atoms with Gasteiger partial charge in [-0.1, -0.05) is 18.2 Å². The first kappa shape index (κ1) is 14.4. The minimum absolute atomic E-state index is 0.0102. The van der Waals surface area contributed by atoms with Gasteiger partial charge in [-0.05, 0) is 18.9 Å². The van der Waals surface area contributed by atoms with Gasteiger partial charge in [0.15, 0.2) is 0 Å². The molecule has 2 rings (SSSR count). The average molecular weight is 277 g/mol. The van der Waals surface area contributed by atoms with Crippen LogP contribution in [0.4, 0.5) is 0 Å². The Morgan fingerprint density at radius 3 is 2.35 bits per heavy atom. The number of carboxylic acids is 1. The highest BCUT2D eigenvalue weighted by Gasteiger charge is 2.45. The van der Waals surface area contributed by atoms with Crippen LogP contribution in [0.25, 0.3) is 0 Å². The maximum atomic E-state index is 11.9. The van der Waals surface area contributed by atoms with Crippen molar-refractivity contribution in [3.63, 3.8) is 0 Å². The van der Waals surface area contributed by atoms with Gasteiger partial charge in [0.2, 0.25) is 5.91 Å². The first-order valence-corrected chi connectivity index (χ1v) is 6.63. The molecule has 0 atom stereocenters. The van der Waals surface area contributed by atoms with Gasteiger partial charge in [0.1, 0.15) is 5.75 Å². The zero-order chi connectivity index (χ0) is 14.8. The molecule has 1 amide bonds. The molecule has 0 aromatic heterocycles. The number of methoxy groups -OCH3 is 1. The van der Waals surface area contributed by atoms with E-state index in [9.17, 15) is 14.7 Å². The van der Waals surface area contributed by atoms with Crippen molar-refractivity contribution in [2.24, 2.45) is 0 Å². The third-order valence-electron chi connectivity index (χ3n) is 4.09. The molecule has 0 unspecified atom stereocenters. The molecule has 1 heterocycles. The number of amides is 1. The predicted octanol–water partition coefficient (Wildman–Crippen LogP) is 1.66. The van der Waals surface area contributed by atoms with E-state index in [0.29, 0.717) is 37.2 Å². The van der Waals surface area contributed by atoms with E-state index in [1.165, 1.54) is 6.92 Å². The highest BCUT2D eigenvalue weighted by atomic mass is 16.5. The summed E-state index contributed by atoms with van der Waals surface area (Å²) < 4.78 is 5.30. The highest BCUT2D eigenvalue weighted by molar-refractivity contribution is 5.83. The summed E-state index contributed by atoms with van der Waals surface area (Å²) in [5, 5.41) is 9.73. The molecule has 108 valence electrons. The second-order valence-corrected chi connectivity index (χ2v) is 5.09. The lowest BCUT2D eigenvalue weighted by atomic mass is 9.72. The van der Waals surface area contributed by atoms with Crippen molar-refractivity contribution in [3.8, 4) is 5.75 Å². The summed E-state index contributed by atoms with van der Waals surface area (Å²) in [6, 6.07) is 7.22. The molecular weight excluding hydrogens is 258 g/mol. The maximum Gasteiger partial charge on any atom is 0.314 e. The van der Waals surface area contributed by atoms with E-state index in [4.69, 9.17) is 4.74 Å². The number of piperidine rings is 1. The lowest BCUT2D eigenvalue weighted by Gasteiger charge is -2.39. The number of para-hydroxylation sites is 1. The molecule has 1 aliphatic heterocycles. The Morgan fingerprint density at radius 2 is 1.85 bits per heavy atom. The summed E-state index contributed by atoms with van der Waals surface area (Å²) in [4.78, 5) is 24.9. The van der Waals surface area contributed by atoms with E-state index >= 15 is 0 Å². The summed E-state index contributed by atoms with van der Waals surface area (Å²) in [6.07, 6.45) is 0.810. The fourth-order valence-electron chi connectivity index (χ4n) is 2.84. The van der Waals surface area contributed by atoms with Crippen molar-refractivity contribution < 1.29 is 19.4 Å². The minimum atomic E-state index is -0.974. The van der Waals surface area contributed by atoms with Crippen molar-refractivity contribution >= 4 is 11.9 Å². The fourth-order valence-corrected chi connectivity index (χ4v) is 2.84. The van der Waals surface area contributed by atoms with Gasteiger partial charge >= 0.3 is 5.97 Å². The summed E-state index contributed by atoms with van der Waals surface area (Å²) in [5.41, 5.74) is -0.281. The Morgan fingerprint density at radius 1 is 1.25 bits per heavy atom. The maximum absolute atomic E-state index is 11.9. The number of likely N-dealkylation sites (tertiary alicyclic amines) is 1. The van der Waals surface area contributed by atoms with Crippen molar-refractivity contribution in [2.45, 2.75) is 25.2 Å². The van der Waals surface area contributed by atoms with Crippen LogP contribution in [-0.2, 0) is 15.0 Å². The third-order valence-corrected chi connectivity index (χ3v) is 4.09. The SMILES string of the molecule is COc1ccccc1C1(C(=O)O)CCN(C(C)=O)CC1. The molecule has 0 saturated carbocycles. The predicted molar refractivity (Wildman–Crippen MR) is 73.8 cm³/mol. The molecule has 0 bridgehead atoms. The number of nitrogens with zero attached hydrogens (tertiary/aromatic N) is 1. The summed E-state index contributed by atoms with van der Waals surface area (Å²) >= 11 is 0. The second kappa shape index (κ2) is 5.53. The number of carbonyl (C=O) groups is 2. The van der Waals surface area contributed by atoms with Gasteiger partial charge in [-0.25, -0.2) is 0 Å². The van der Waals surface area contributed by atoms with Gasteiger partial charge in [-0.2, -0.15) is 0 Å². The molecule has 5 nitrogen and oxygen atoms in total. The van der Waals surface area contributed by atoms with Gasteiger partial charge in [-0.3, -0.25) is 9.59 Å². The average Bonchev–Trinajstić information content (AvgIpc) is 2.47. The van der Waals surface area contributed by atoms with E-state index in [1.807, 2.05) is 12.1 Å². The molecule has 1 aromatic rings. The normalized spacial score (nSPS) is 17.6. The van der Waals surface area contributed by atoms with Crippen LogP contribution in [0.3, 0.4) is 0 Å². The molecule has 20 heavy (non-hydrogen) atoms. The Hall–Kier alpha value is -2.04. The topological polar surface area (TPSA) is 66.8 Å². The molecule has 1 aromatic carbocycles. The van der Waals surface area contributed by atoms with Gasteiger partial charge in [0, 0.05) is 25.6 Å². The quantitative estimate of drug-likeness (QED) is 0.912. The van der Waals surface area contributed by atoms with Crippen molar-refractivity contribution in [1.82, 2.24) is 4.90 Å². The summed E-state index contributed by atoms with van der Waals surface area (Å²) in [6.45, 7) is 2.43. The number of rotatable bonds is 3. The fraction of sp³-hybridized carbons (Fsp3) is 0.467. The molecule has 0 spiro atoms. The van der Waals surface area contributed by atoms with E-state index in [0.717, 1.165) is 0 Å². The monoisotopic (exact) mass is 277 g/mol. The van der Waals surface area contributed by atoms with Crippen LogP contribution in [0.15, 0.2) is 24.3 Å². The lowest BCUT2D eigenvalue weighted by Crippen LogP contribution is -2.48. The molecule has 1 fully saturated rings. The zero-order valence-corrected chi connectivity index (χ0v) is 11.8. The number of aliphatic carboxylic acids is 1. The van der Waals surface area contributed by atoms with Crippen LogP contribution in [0.2, 0.25) is 0 Å². The summed E-state index contributed by atoms with van der Waals surface area (Å²) in [7, 11) is 1.54. The Kier molecular flexibility index (Phi) is 3.97. The molecule has 1 N–H and O–H groups in total. The molecule has 0 aliphatic carbocycles. The summed E-state index contributed by atoms with van der Waals surface area (Å²) in [5.74, 6) is -0.277. The molecule has 1 saturated heterocycles. The van der Waals surface area contributed by atoms with Crippen molar-refractivity contribution in [2.75, 3.05) is 20.2 Å². The Labute approximate surface area is 118 Å². The number of hydrogen-bond donors (Lipinski definition) is 1. The van der Waals surface area contributed by atoms with Crippen molar-refractivity contribution in [3.05, 3.63) is 29.8 Å². The van der Waals surface area contributed by atoms with E-state index in [2.05, 4.69) is 0 Å². The van der Waals surface area contributed by atoms with Crippen LogP contribution in [0.1, 0.15) is 25.3 Å². The standard InChI is InChI=1S/C15H19NO4/c1-11(17)16-9-7-15(8-10-16,14(18)19)12-5-3-4-6-13(12)20-2/h3-6H,7-10H2,1-2H3,(H,18,19). The zero-order valence-electron chi connectivity index (χ0n) is 11.8. The number of carbonyl (C=O) groups excluding carboxylic acids is 1. The molecule has 1 aliphatic rings. The first-order valence-electron chi connectivity index (χ1n) is 6.63. The first-order chi connectivity index (χ1) is 9.51. The lowest BCUT2D eigenvalue weighted by molar-refractivity contribution is -0.148. The van der Waals surface area contributed by atoms with Crippen LogP contribution in [-0.4, -0.2) is 42.1 Å². The van der Waals surface area contributed by atoms with E-state index in [-0.39, 0.29) is 5.91 Å². The van der Waals surface area contributed by atoms with Gasteiger partial charge in [-0.15, -0.1) is 0 Å². The van der Waals surface area contributed by atoms with Crippen LogP contribution in [0, 0.1) is 0 Å².